The molecular formula is C15H15N5O. The van der Waals surface area contributed by atoms with Gasteiger partial charge in [-0.15, -0.1) is 5.10 Å². The van der Waals surface area contributed by atoms with Crippen LogP contribution < -0.4 is 10.1 Å². The number of para-hydroxylation sites is 1. The molecule has 0 radical (unpaired) electrons. The molecule has 0 spiro atoms. The van der Waals surface area contributed by atoms with Crippen molar-refractivity contribution in [3.05, 3.63) is 60.4 Å². The number of rotatable bonds is 5. The maximum Gasteiger partial charge on any atom is 0.170 e. The summed E-state index contributed by atoms with van der Waals surface area (Å²) in [6.07, 6.45) is 0. The highest BCUT2D eigenvalue weighted by Crippen LogP contribution is 2.22. The summed E-state index contributed by atoms with van der Waals surface area (Å²) >= 11 is 0. The van der Waals surface area contributed by atoms with Crippen molar-refractivity contribution < 1.29 is 4.74 Å². The minimum absolute atomic E-state index is 0.606. The summed E-state index contributed by atoms with van der Waals surface area (Å²) in [6, 6.07) is 17.3. The fourth-order valence-electron chi connectivity index (χ4n) is 1.95. The van der Waals surface area contributed by atoms with Gasteiger partial charge < -0.3 is 10.1 Å². The molecule has 1 aromatic heterocycles. The second-order valence-electron chi connectivity index (χ2n) is 4.45. The van der Waals surface area contributed by atoms with E-state index in [-0.39, 0.29) is 0 Å². The lowest BCUT2D eigenvalue weighted by molar-refractivity contribution is 0.482. The smallest absolute Gasteiger partial charge is 0.170 e. The second kappa shape index (κ2) is 6.15. The molecule has 2 aromatic carbocycles. The molecule has 6 heteroatoms. The molecule has 1 N–H and O–H groups in total. The Kier molecular flexibility index (Phi) is 3.88. The summed E-state index contributed by atoms with van der Waals surface area (Å²) in [7, 11) is 1.86. The highest BCUT2D eigenvalue weighted by Gasteiger charge is 2.07. The largest absolute Gasteiger partial charge is 0.457 e. The van der Waals surface area contributed by atoms with Crippen LogP contribution in [0.2, 0.25) is 0 Å². The van der Waals surface area contributed by atoms with Crippen LogP contribution in [0.3, 0.4) is 0 Å². The van der Waals surface area contributed by atoms with Crippen LogP contribution in [0.4, 0.5) is 0 Å². The van der Waals surface area contributed by atoms with Crippen molar-refractivity contribution in [1.82, 2.24) is 25.5 Å². The van der Waals surface area contributed by atoms with Gasteiger partial charge in [0.15, 0.2) is 5.82 Å². The zero-order valence-corrected chi connectivity index (χ0v) is 11.6. The number of aromatic nitrogens is 4. The van der Waals surface area contributed by atoms with Crippen molar-refractivity contribution in [3.63, 3.8) is 0 Å². The Morgan fingerprint density at radius 1 is 1.00 bits per heavy atom. The predicted octanol–water partition coefficient (Wildman–Crippen LogP) is 2.17. The average Bonchev–Trinajstić information content (AvgIpc) is 2.98. The number of hydrogen-bond donors (Lipinski definition) is 1. The minimum Gasteiger partial charge on any atom is -0.457 e. The van der Waals surface area contributed by atoms with E-state index in [1.165, 1.54) is 0 Å². The SMILES string of the molecule is CNCc1nnnn1-c1ccc(Oc2ccccc2)cc1. The van der Waals surface area contributed by atoms with Gasteiger partial charge in [-0.25, -0.2) is 0 Å². The molecule has 106 valence electrons. The van der Waals surface area contributed by atoms with Crippen molar-refractivity contribution in [2.24, 2.45) is 0 Å². The Labute approximate surface area is 122 Å². The number of hydrogen-bond acceptors (Lipinski definition) is 5. The lowest BCUT2D eigenvalue weighted by Gasteiger charge is -2.07. The molecular weight excluding hydrogens is 266 g/mol. The van der Waals surface area contributed by atoms with Crippen LogP contribution >= 0.6 is 0 Å². The maximum absolute atomic E-state index is 5.76. The van der Waals surface area contributed by atoms with E-state index in [1.54, 1.807) is 4.68 Å². The number of nitrogens with zero attached hydrogens (tertiary/aromatic N) is 4. The van der Waals surface area contributed by atoms with Crippen LogP contribution in [-0.2, 0) is 6.54 Å². The van der Waals surface area contributed by atoms with Crippen LogP contribution in [0.5, 0.6) is 11.5 Å². The number of tetrazole rings is 1. The topological polar surface area (TPSA) is 64.9 Å². The van der Waals surface area contributed by atoms with Gasteiger partial charge in [-0.05, 0) is 53.9 Å². The molecule has 1 heterocycles. The molecule has 21 heavy (non-hydrogen) atoms. The molecule has 0 unspecified atom stereocenters. The highest BCUT2D eigenvalue weighted by molar-refractivity contribution is 5.39. The predicted molar refractivity (Wildman–Crippen MR) is 78.4 cm³/mol. The standard InChI is InChI=1S/C15H15N5O/c1-16-11-15-17-18-19-20(15)12-7-9-14(10-8-12)21-13-5-3-2-4-6-13/h2-10,16H,11H2,1H3. The molecule has 3 rings (SSSR count). The van der Waals surface area contributed by atoms with Crippen molar-refractivity contribution >= 4 is 0 Å². The molecule has 0 fully saturated rings. The number of ether oxygens (including phenoxy) is 1. The molecule has 0 atom stereocenters. The van der Waals surface area contributed by atoms with Crippen molar-refractivity contribution in [2.45, 2.75) is 6.54 Å². The summed E-state index contributed by atoms with van der Waals surface area (Å²) in [6.45, 7) is 0.606. The Balaban J connectivity index is 1.79. The van der Waals surface area contributed by atoms with Crippen LogP contribution in [-0.4, -0.2) is 27.3 Å². The minimum atomic E-state index is 0.606. The van der Waals surface area contributed by atoms with E-state index in [0.29, 0.717) is 6.54 Å². The van der Waals surface area contributed by atoms with Crippen molar-refractivity contribution in [1.29, 1.82) is 0 Å². The third kappa shape index (κ3) is 3.06. The Hall–Kier alpha value is -2.73. The average molecular weight is 281 g/mol. The van der Waals surface area contributed by atoms with Gasteiger partial charge in [0.2, 0.25) is 0 Å². The summed E-state index contributed by atoms with van der Waals surface area (Å²) < 4.78 is 7.45. The van der Waals surface area contributed by atoms with Gasteiger partial charge in [0.1, 0.15) is 11.5 Å². The van der Waals surface area contributed by atoms with Crippen molar-refractivity contribution in [2.75, 3.05) is 7.05 Å². The van der Waals surface area contributed by atoms with Gasteiger partial charge in [-0.3, -0.25) is 0 Å². The van der Waals surface area contributed by atoms with Crippen LogP contribution in [0.1, 0.15) is 5.82 Å². The molecule has 0 aliphatic rings. The highest BCUT2D eigenvalue weighted by atomic mass is 16.5. The molecule has 0 amide bonds. The first-order chi connectivity index (χ1) is 10.4. The van der Waals surface area contributed by atoms with Gasteiger partial charge in [-0.1, -0.05) is 18.2 Å². The van der Waals surface area contributed by atoms with Gasteiger partial charge >= 0.3 is 0 Å². The summed E-state index contributed by atoms with van der Waals surface area (Å²) in [5.74, 6) is 2.34. The van der Waals surface area contributed by atoms with E-state index in [4.69, 9.17) is 4.74 Å². The summed E-state index contributed by atoms with van der Waals surface area (Å²) in [5, 5.41) is 14.7. The molecule has 0 bridgehead atoms. The molecule has 0 saturated heterocycles. The second-order valence-corrected chi connectivity index (χ2v) is 4.45. The first-order valence-corrected chi connectivity index (χ1v) is 6.62. The van der Waals surface area contributed by atoms with Gasteiger partial charge in [0, 0.05) is 0 Å². The van der Waals surface area contributed by atoms with Crippen molar-refractivity contribution in [3.8, 4) is 17.2 Å². The first-order valence-electron chi connectivity index (χ1n) is 6.62. The van der Waals surface area contributed by atoms with E-state index in [0.717, 1.165) is 23.0 Å². The van der Waals surface area contributed by atoms with E-state index >= 15 is 0 Å². The molecule has 0 saturated carbocycles. The summed E-state index contributed by atoms with van der Waals surface area (Å²) in [4.78, 5) is 0. The zero-order valence-electron chi connectivity index (χ0n) is 11.6. The maximum atomic E-state index is 5.76. The third-order valence-corrected chi connectivity index (χ3v) is 2.93. The first kappa shape index (κ1) is 13.3. The number of benzene rings is 2. The monoisotopic (exact) mass is 281 g/mol. The fraction of sp³-hybridized carbons (Fsp3) is 0.133. The van der Waals surface area contributed by atoms with E-state index in [2.05, 4.69) is 20.8 Å². The Morgan fingerprint density at radius 2 is 1.71 bits per heavy atom. The van der Waals surface area contributed by atoms with E-state index in [9.17, 15) is 0 Å². The van der Waals surface area contributed by atoms with Crippen LogP contribution in [0.25, 0.3) is 5.69 Å². The lowest BCUT2D eigenvalue weighted by atomic mass is 10.3. The van der Waals surface area contributed by atoms with Gasteiger partial charge in [0.05, 0.1) is 12.2 Å². The zero-order chi connectivity index (χ0) is 14.5. The van der Waals surface area contributed by atoms with Gasteiger partial charge in [-0.2, -0.15) is 4.68 Å². The third-order valence-electron chi connectivity index (χ3n) is 2.93. The summed E-state index contributed by atoms with van der Waals surface area (Å²) in [5.41, 5.74) is 0.894. The van der Waals surface area contributed by atoms with Crippen LogP contribution in [0, 0.1) is 0 Å². The van der Waals surface area contributed by atoms with E-state index < -0.39 is 0 Å². The molecule has 0 aliphatic heterocycles. The normalized spacial score (nSPS) is 10.5. The number of nitrogens with one attached hydrogen (secondary N) is 1. The van der Waals surface area contributed by atoms with E-state index in [1.807, 2.05) is 61.6 Å². The molecule has 6 nitrogen and oxygen atoms in total. The lowest BCUT2D eigenvalue weighted by Crippen LogP contribution is -2.12. The quantitative estimate of drug-likeness (QED) is 0.776. The molecule has 3 aromatic rings. The Morgan fingerprint density at radius 3 is 2.43 bits per heavy atom. The Bertz CT molecular complexity index is 694. The van der Waals surface area contributed by atoms with Crippen LogP contribution in [0.15, 0.2) is 54.6 Å². The molecule has 0 aliphatic carbocycles. The fourth-order valence-corrected chi connectivity index (χ4v) is 1.95. The van der Waals surface area contributed by atoms with Gasteiger partial charge in [0.25, 0.3) is 0 Å².